The highest BCUT2D eigenvalue weighted by atomic mass is 16.1. The van der Waals surface area contributed by atoms with Crippen LogP contribution in [0.2, 0.25) is 0 Å². The van der Waals surface area contributed by atoms with Crippen molar-refractivity contribution in [3.8, 4) is 0 Å². The smallest absolute Gasteiger partial charge is 0.223 e. The van der Waals surface area contributed by atoms with Crippen molar-refractivity contribution in [1.82, 2.24) is 5.32 Å². The van der Waals surface area contributed by atoms with Crippen molar-refractivity contribution in [2.45, 2.75) is 19.8 Å². The number of unbranched alkanes of at least 4 members (excludes halogenated alkanes) is 1. The second kappa shape index (κ2) is 6.55. The van der Waals surface area contributed by atoms with E-state index in [1.165, 1.54) is 0 Å². The van der Waals surface area contributed by atoms with Gasteiger partial charge in [0.15, 0.2) is 0 Å². The Kier molecular flexibility index (Phi) is 6.18. The molecule has 0 atom stereocenters. The minimum Gasteiger partial charge on any atom is -0.356 e. The predicted octanol–water partition coefficient (Wildman–Crippen LogP) is 0.0657. The Morgan fingerprint density at radius 1 is 1.70 bits per heavy atom. The van der Waals surface area contributed by atoms with Crippen molar-refractivity contribution >= 4 is 5.91 Å². The molecule has 0 bridgehead atoms. The summed E-state index contributed by atoms with van der Waals surface area (Å²) in [6, 6.07) is 0. The summed E-state index contributed by atoms with van der Waals surface area (Å²) in [7, 11) is 0. The Morgan fingerprint density at radius 2 is 2.40 bits per heavy atom. The van der Waals surface area contributed by atoms with Gasteiger partial charge in [0, 0.05) is 13.0 Å². The second-order valence-corrected chi connectivity index (χ2v) is 2.03. The average Bonchev–Trinajstić information content (AvgIpc) is 1.89. The Labute approximate surface area is 62.0 Å². The molecule has 0 aromatic heterocycles. The van der Waals surface area contributed by atoms with Gasteiger partial charge in [-0.25, -0.2) is 0 Å². The minimum absolute atomic E-state index is 0.0101. The van der Waals surface area contributed by atoms with Gasteiger partial charge in [-0.05, 0) is 26.3 Å². The van der Waals surface area contributed by atoms with Gasteiger partial charge in [-0.15, -0.1) is 0 Å². The predicted molar refractivity (Wildman–Crippen MR) is 41.3 cm³/mol. The van der Waals surface area contributed by atoms with Gasteiger partial charge in [-0.1, -0.05) is 0 Å². The van der Waals surface area contributed by atoms with Crippen molar-refractivity contribution in [3.63, 3.8) is 0 Å². The fourth-order valence-corrected chi connectivity index (χ4v) is 0.597. The zero-order chi connectivity index (χ0) is 7.82. The normalized spacial score (nSPS) is 9.40. The molecule has 0 aliphatic carbocycles. The highest BCUT2D eigenvalue weighted by molar-refractivity contribution is 5.84. The summed E-state index contributed by atoms with van der Waals surface area (Å²) in [5.41, 5.74) is 5.24. The highest BCUT2D eigenvalue weighted by Crippen LogP contribution is 1.90. The molecule has 0 spiro atoms. The molecule has 10 heavy (non-hydrogen) atoms. The first-order valence-electron chi connectivity index (χ1n) is 3.62. The first-order chi connectivity index (χ1) is 4.81. The zero-order valence-corrected chi connectivity index (χ0v) is 6.39. The molecule has 0 saturated heterocycles. The first-order valence-corrected chi connectivity index (χ1v) is 3.62. The lowest BCUT2D eigenvalue weighted by atomic mass is 10.2. The molecule has 3 N–H and O–H groups in total. The molecule has 0 aliphatic rings. The van der Waals surface area contributed by atoms with E-state index < -0.39 is 0 Å². The van der Waals surface area contributed by atoms with E-state index in [9.17, 15) is 4.79 Å². The van der Waals surface area contributed by atoms with Gasteiger partial charge in [0.05, 0.1) is 0 Å². The van der Waals surface area contributed by atoms with Gasteiger partial charge in [0.2, 0.25) is 5.91 Å². The number of carbonyl (C=O) groups excluding carboxylic acids is 1. The second-order valence-electron chi connectivity index (χ2n) is 2.03. The van der Waals surface area contributed by atoms with E-state index in [0.29, 0.717) is 13.1 Å². The van der Waals surface area contributed by atoms with Crippen LogP contribution in [0, 0.1) is 6.42 Å². The summed E-state index contributed by atoms with van der Waals surface area (Å²) in [5, 5.41) is 2.67. The highest BCUT2D eigenvalue weighted by Gasteiger charge is 1.96. The van der Waals surface area contributed by atoms with E-state index in [-0.39, 0.29) is 5.91 Å². The van der Waals surface area contributed by atoms with Crippen LogP contribution in [0.5, 0.6) is 0 Å². The molecule has 0 saturated carbocycles. The van der Waals surface area contributed by atoms with Crippen molar-refractivity contribution in [2.24, 2.45) is 5.73 Å². The first kappa shape index (κ1) is 9.43. The summed E-state index contributed by atoms with van der Waals surface area (Å²) in [5.74, 6) is 0.0101. The third-order valence-corrected chi connectivity index (χ3v) is 1.09. The van der Waals surface area contributed by atoms with Crippen LogP contribution in [0.1, 0.15) is 19.8 Å². The lowest BCUT2D eigenvalue weighted by molar-refractivity contribution is -0.117. The van der Waals surface area contributed by atoms with Gasteiger partial charge in [0.1, 0.15) is 0 Å². The van der Waals surface area contributed by atoms with Crippen LogP contribution in [0.4, 0.5) is 0 Å². The van der Waals surface area contributed by atoms with E-state index in [0.717, 1.165) is 12.8 Å². The molecule has 1 amide bonds. The van der Waals surface area contributed by atoms with E-state index in [1.54, 1.807) is 6.42 Å². The largest absolute Gasteiger partial charge is 0.356 e. The van der Waals surface area contributed by atoms with Crippen LogP contribution in [-0.4, -0.2) is 19.0 Å². The molecule has 0 aromatic carbocycles. The molecule has 0 aromatic rings. The topological polar surface area (TPSA) is 55.1 Å². The number of nitrogens with one attached hydrogen (secondary N) is 1. The Hall–Kier alpha value is -0.570. The van der Waals surface area contributed by atoms with Crippen LogP contribution < -0.4 is 11.1 Å². The maximum atomic E-state index is 10.7. The third kappa shape index (κ3) is 5.56. The number of hydrogen-bond donors (Lipinski definition) is 2. The summed E-state index contributed by atoms with van der Waals surface area (Å²) in [6.45, 7) is 3.24. The van der Waals surface area contributed by atoms with Gasteiger partial charge >= 0.3 is 0 Å². The summed E-state index contributed by atoms with van der Waals surface area (Å²) in [4.78, 5) is 10.7. The van der Waals surface area contributed by atoms with E-state index in [1.807, 2.05) is 6.92 Å². The van der Waals surface area contributed by atoms with Gasteiger partial charge in [0.25, 0.3) is 0 Å². The summed E-state index contributed by atoms with van der Waals surface area (Å²) in [6.07, 6.45) is 3.30. The number of amides is 1. The molecule has 59 valence electrons. The maximum Gasteiger partial charge on any atom is 0.223 e. The Morgan fingerprint density at radius 3 is 2.90 bits per heavy atom. The molecule has 0 rings (SSSR count). The standard InChI is InChI=1S/C7H15N2O/c1-2-9-7(10)5-3-4-6-8/h5H,2-4,6,8H2,1H3,(H,9,10). The van der Waals surface area contributed by atoms with Crippen LogP contribution in [-0.2, 0) is 4.79 Å². The number of carbonyl (C=O) groups is 1. The molecule has 3 heteroatoms. The van der Waals surface area contributed by atoms with Crippen molar-refractivity contribution in [1.29, 1.82) is 0 Å². The van der Waals surface area contributed by atoms with Crippen LogP contribution in [0.15, 0.2) is 0 Å². The van der Waals surface area contributed by atoms with E-state index >= 15 is 0 Å². The third-order valence-electron chi connectivity index (χ3n) is 1.09. The van der Waals surface area contributed by atoms with Crippen LogP contribution >= 0.6 is 0 Å². The SMILES string of the molecule is CCNC(=O)[CH]CCCN. The number of hydrogen-bond acceptors (Lipinski definition) is 2. The van der Waals surface area contributed by atoms with Gasteiger partial charge in [-0.2, -0.15) is 0 Å². The number of nitrogens with two attached hydrogens (primary N) is 1. The lowest BCUT2D eigenvalue weighted by Crippen LogP contribution is -2.22. The fraction of sp³-hybridized carbons (Fsp3) is 0.714. The molecule has 0 aliphatic heterocycles. The molecule has 0 unspecified atom stereocenters. The van der Waals surface area contributed by atoms with Crippen molar-refractivity contribution < 1.29 is 4.79 Å². The summed E-state index contributed by atoms with van der Waals surface area (Å²) >= 11 is 0. The fourth-order valence-electron chi connectivity index (χ4n) is 0.597. The monoisotopic (exact) mass is 143 g/mol. The quantitative estimate of drug-likeness (QED) is 0.535. The molecule has 3 nitrogen and oxygen atoms in total. The zero-order valence-electron chi connectivity index (χ0n) is 6.39. The molecular formula is C7H15N2O. The Balaban J connectivity index is 3.05. The number of rotatable bonds is 5. The summed E-state index contributed by atoms with van der Waals surface area (Å²) < 4.78 is 0. The van der Waals surface area contributed by atoms with Crippen molar-refractivity contribution in [2.75, 3.05) is 13.1 Å². The molecule has 0 fully saturated rings. The van der Waals surface area contributed by atoms with Gasteiger partial charge in [-0.3, -0.25) is 4.79 Å². The van der Waals surface area contributed by atoms with Gasteiger partial charge < -0.3 is 11.1 Å². The van der Waals surface area contributed by atoms with Crippen LogP contribution in [0.25, 0.3) is 0 Å². The van der Waals surface area contributed by atoms with Crippen LogP contribution in [0.3, 0.4) is 0 Å². The minimum atomic E-state index is 0.0101. The van der Waals surface area contributed by atoms with E-state index in [2.05, 4.69) is 5.32 Å². The lowest BCUT2D eigenvalue weighted by Gasteiger charge is -1.98. The average molecular weight is 143 g/mol. The maximum absolute atomic E-state index is 10.7. The molecular weight excluding hydrogens is 128 g/mol. The molecule has 1 radical (unpaired) electrons. The van der Waals surface area contributed by atoms with E-state index in [4.69, 9.17) is 5.73 Å². The Bertz CT molecular complexity index is 93.6. The van der Waals surface area contributed by atoms with Crippen molar-refractivity contribution in [3.05, 3.63) is 6.42 Å². The molecule has 0 heterocycles.